The van der Waals surface area contributed by atoms with Crippen LogP contribution in [-0.4, -0.2) is 35.1 Å². The second kappa shape index (κ2) is 9.43. The lowest BCUT2D eigenvalue weighted by Crippen LogP contribution is -2.48. The molecule has 1 saturated heterocycles. The topological polar surface area (TPSA) is 49.4 Å². The van der Waals surface area contributed by atoms with E-state index in [1.54, 1.807) is 41.3 Å². The number of carbonyl (C=O) groups excluding carboxylic acids is 2. The molecule has 4 nitrogen and oxygen atoms in total. The summed E-state index contributed by atoms with van der Waals surface area (Å²) in [4.78, 5) is 27.7. The van der Waals surface area contributed by atoms with E-state index in [0.717, 1.165) is 18.4 Å². The molecule has 0 unspecified atom stereocenters. The number of carbonyl (C=O) groups is 2. The standard InChI is InChI=1S/C21H22ClFN2O2S/c1-2-3-12-24-19(26)18-13-28-21(14-8-10-15(23)11-9-14)25(18)20(27)16-6-4-5-7-17(16)22/h4-11,18,21H,2-3,12-13H2,1H3,(H,24,26)/t18-,21-/m0/s1. The first-order chi connectivity index (χ1) is 13.5. The SMILES string of the molecule is CCCCNC(=O)[C@@H]1CS[C@@H](c2ccc(F)cc2)N1C(=O)c1ccccc1Cl. The lowest BCUT2D eigenvalue weighted by molar-refractivity contribution is -0.124. The summed E-state index contributed by atoms with van der Waals surface area (Å²) in [5.74, 6) is -0.355. The van der Waals surface area contributed by atoms with E-state index >= 15 is 0 Å². The molecule has 2 atom stereocenters. The van der Waals surface area contributed by atoms with Gasteiger partial charge in [0, 0.05) is 12.3 Å². The predicted molar refractivity (Wildman–Crippen MR) is 111 cm³/mol. The van der Waals surface area contributed by atoms with Crippen LogP contribution < -0.4 is 5.32 Å². The summed E-state index contributed by atoms with van der Waals surface area (Å²) >= 11 is 7.73. The Labute approximate surface area is 173 Å². The Kier molecular flexibility index (Phi) is 6.97. The summed E-state index contributed by atoms with van der Waals surface area (Å²) in [6.07, 6.45) is 1.85. The highest BCUT2D eigenvalue weighted by Gasteiger charge is 2.42. The van der Waals surface area contributed by atoms with Crippen molar-refractivity contribution in [2.45, 2.75) is 31.2 Å². The lowest BCUT2D eigenvalue weighted by atomic mass is 10.1. The highest BCUT2D eigenvalue weighted by molar-refractivity contribution is 7.99. The van der Waals surface area contributed by atoms with E-state index in [1.165, 1.54) is 23.9 Å². The average Bonchev–Trinajstić information content (AvgIpc) is 3.13. The van der Waals surface area contributed by atoms with Gasteiger partial charge in [0.05, 0.1) is 10.6 Å². The number of unbranched alkanes of at least 4 members (excludes halogenated alkanes) is 1. The van der Waals surface area contributed by atoms with E-state index in [2.05, 4.69) is 12.2 Å². The zero-order valence-corrected chi connectivity index (χ0v) is 17.1. The molecule has 1 aliphatic rings. The zero-order valence-electron chi connectivity index (χ0n) is 15.5. The third-order valence-electron chi connectivity index (χ3n) is 4.63. The Morgan fingerprint density at radius 1 is 1.21 bits per heavy atom. The van der Waals surface area contributed by atoms with Crippen LogP contribution in [0, 0.1) is 5.82 Å². The lowest BCUT2D eigenvalue weighted by Gasteiger charge is -2.29. The molecule has 1 heterocycles. The Morgan fingerprint density at radius 3 is 2.61 bits per heavy atom. The second-order valence-corrected chi connectivity index (χ2v) is 8.11. The first kappa shape index (κ1) is 20.7. The molecule has 1 fully saturated rings. The van der Waals surface area contributed by atoms with Crippen molar-refractivity contribution in [3.8, 4) is 0 Å². The molecule has 28 heavy (non-hydrogen) atoms. The van der Waals surface area contributed by atoms with Crippen LogP contribution in [0.15, 0.2) is 48.5 Å². The third kappa shape index (κ3) is 4.50. The van der Waals surface area contributed by atoms with Crippen molar-refractivity contribution >= 4 is 35.2 Å². The molecule has 0 aliphatic carbocycles. The van der Waals surface area contributed by atoms with Gasteiger partial charge in [-0.25, -0.2) is 4.39 Å². The molecule has 0 spiro atoms. The molecule has 0 saturated carbocycles. The van der Waals surface area contributed by atoms with E-state index in [0.29, 0.717) is 22.9 Å². The van der Waals surface area contributed by atoms with Crippen LogP contribution in [0.1, 0.15) is 41.1 Å². The van der Waals surface area contributed by atoms with Gasteiger partial charge < -0.3 is 10.2 Å². The van der Waals surface area contributed by atoms with E-state index in [9.17, 15) is 14.0 Å². The molecule has 148 valence electrons. The van der Waals surface area contributed by atoms with Crippen LogP contribution in [-0.2, 0) is 4.79 Å². The van der Waals surface area contributed by atoms with Crippen molar-refractivity contribution in [3.05, 3.63) is 70.5 Å². The first-order valence-electron chi connectivity index (χ1n) is 9.25. The maximum atomic E-state index is 13.4. The quantitative estimate of drug-likeness (QED) is 0.692. The molecule has 0 radical (unpaired) electrons. The van der Waals surface area contributed by atoms with Crippen LogP contribution in [0.4, 0.5) is 4.39 Å². The van der Waals surface area contributed by atoms with Crippen molar-refractivity contribution < 1.29 is 14.0 Å². The summed E-state index contributed by atoms with van der Waals surface area (Å²) in [7, 11) is 0. The van der Waals surface area contributed by atoms with E-state index in [4.69, 9.17) is 11.6 Å². The fourth-order valence-corrected chi connectivity index (χ4v) is 4.77. The van der Waals surface area contributed by atoms with Crippen LogP contribution >= 0.6 is 23.4 Å². The fourth-order valence-electron chi connectivity index (χ4n) is 3.12. The minimum atomic E-state index is -0.610. The zero-order chi connectivity index (χ0) is 20.1. The van der Waals surface area contributed by atoms with E-state index in [1.807, 2.05) is 0 Å². The number of hydrogen-bond acceptors (Lipinski definition) is 3. The van der Waals surface area contributed by atoms with Crippen molar-refractivity contribution in [1.82, 2.24) is 10.2 Å². The average molecular weight is 421 g/mol. The smallest absolute Gasteiger partial charge is 0.257 e. The third-order valence-corrected chi connectivity index (χ3v) is 6.28. The van der Waals surface area contributed by atoms with Gasteiger partial charge in [0.2, 0.25) is 5.91 Å². The van der Waals surface area contributed by atoms with Gasteiger partial charge in [0.15, 0.2) is 0 Å². The summed E-state index contributed by atoms with van der Waals surface area (Å²) < 4.78 is 13.4. The number of amides is 2. The summed E-state index contributed by atoms with van der Waals surface area (Å²) in [6.45, 7) is 2.63. The maximum Gasteiger partial charge on any atom is 0.257 e. The van der Waals surface area contributed by atoms with Gasteiger partial charge in [-0.3, -0.25) is 9.59 Å². The van der Waals surface area contributed by atoms with Crippen molar-refractivity contribution in [1.29, 1.82) is 0 Å². The molecule has 2 aromatic rings. The highest BCUT2D eigenvalue weighted by atomic mass is 35.5. The number of thioether (sulfide) groups is 1. The van der Waals surface area contributed by atoms with Gasteiger partial charge in [-0.2, -0.15) is 0 Å². The molecular formula is C21H22ClFN2O2S. The second-order valence-electron chi connectivity index (χ2n) is 6.59. The summed E-state index contributed by atoms with van der Waals surface area (Å²) in [5.41, 5.74) is 1.13. The molecule has 2 aromatic carbocycles. The summed E-state index contributed by atoms with van der Waals surface area (Å²) in [5, 5.41) is 2.88. The molecule has 0 bridgehead atoms. The molecule has 1 aliphatic heterocycles. The number of benzene rings is 2. The van der Waals surface area contributed by atoms with E-state index < -0.39 is 6.04 Å². The number of nitrogens with zero attached hydrogens (tertiary/aromatic N) is 1. The molecule has 0 aromatic heterocycles. The van der Waals surface area contributed by atoms with Crippen LogP contribution in [0.2, 0.25) is 5.02 Å². The van der Waals surface area contributed by atoms with Gasteiger partial charge >= 0.3 is 0 Å². The predicted octanol–water partition coefficient (Wildman–Crippen LogP) is 4.65. The minimum Gasteiger partial charge on any atom is -0.354 e. The maximum absolute atomic E-state index is 13.4. The Hall–Kier alpha value is -2.05. The van der Waals surface area contributed by atoms with Gasteiger partial charge in [-0.1, -0.05) is 49.2 Å². The highest BCUT2D eigenvalue weighted by Crippen LogP contribution is 2.42. The van der Waals surface area contributed by atoms with Gasteiger partial charge in [0.25, 0.3) is 5.91 Å². The number of rotatable bonds is 6. The number of hydrogen-bond donors (Lipinski definition) is 1. The largest absolute Gasteiger partial charge is 0.354 e. The van der Waals surface area contributed by atoms with E-state index in [-0.39, 0.29) is 23.0 Å². The molecule has 7 heteroatoms. The molecule has 1 N–H and O–H groups in total. The van der Waals surface area contributed by atoms with Crippen LogP contribution in [0.3, 0.4) is 0 Å². The van der Waals surface area contributed by atoms with Crippen LogP contribution in [0.25, 0.3) is 0 Å². The molecule has 2 amide bonds. The van der Waals surface area contributed by atoms with Gasteiger partial charge in [-0.05, 0) is 36.2 Å². The Morgan fingerprint density at radius 2 is 1.93 bits per heavy atom. The Balaban J connectivity index is 1.92. The van der Waals surface area contributed by atoms with Crippen molar-refractivity contribution in [2.75, 3.05) is 12.3 Å². The minimum absolute atomic E-state index is 0.175. The molecule has 3 rings (SSSR count). The first-order valence-corrected chi connectivity index (χ1v) is 10.7. The van der Waals surface area contributed by atoms with Crippen molar-refractivity contribution in [3.63, 3.8) is 0 Å². The monoisotopic (exact) mass is 420 g/mol. The number of halogens is 2. The van der Waals surface area contributed by atoms with Crippen LogP contribution in [0.5, 0.6) is 0 Å². The fraction of sp³-hybridized carbons (Fsp3) is 0.333. The van der Waals surface area contributed by atoms with Gasteiger partial charge in [-0.15, -0.1) is 11.8 Å². The number of nitrogens with one attached hydrogen (secondary N) is 1. The van der Waals surface area contributed by atoms with Gasteiger partial charge in [0.1, 0.15) is 17.2 Å². The van der Waals surface area contributed by atoms with Crippen molar-refractivity contribution in [2.24, 2.45) is 0 Å². The molecular weight excluding hydrogens is 399 g/mol. The summed E-state index contributed by atoms with van der Waals surface area (Å²) in [6, 6.07) is 12.2. The Bertz CT molecular complexity index is 847. The normalized spacial score (nSPS) is 18.9.